The summed E-state index contributed by atoms with van der Waals surface area (Å²) in [7, 11) is 0. The lowest BCUT2D eigenvalue weighted by Gasteiger charge is -2.20. The van der Waals surface area contributed by atoms with Gasteiger partial charge in [-0.2, -0.15) is 0 Å². The summed E-state index contributed by atoms with van der Waals surface area (Å²) in [6.07, 6.45) is 0.336. The second kappa shape index (κ2) is 9.82. The van der Waals surface area contributed by atoms with E-state index in [-0.39, 0.29) is 24.2 Å². The Morgan fingerprint density at radius 2 is 2.04 bits per heavy atom. The van der Waals surface area contributed by atoms with Gasteiger partial charge in [0, 0.05) is 12.6 Å². The SMILES string of the molecule is CCOC(=O)N[C@@H](CNC(=O)Cc1cccc(F)c1)CC(C)C. The van der Waals surface area contributed by atoms with Gasteiger partial charge in [0.1, 0.15) is 5.82 Å². The number of ether oxygens (including phenoxy) is 1. The van der Waals surface area contributed by atoms with Gasteiger partial charge in [-0.05, 0) is 37.0 Å². The average Bonchev–Trinajstić information content (AvgIpc) is 2.44. The van der Waals surface area contributed by atoms with Crippen LogP contribution < -0.4 is 10.6 Å². The molecule has 0 saturated carbocycles. The van der Waals surface area contributed by atoms with Crippen molar-refractivity contribution in [2.24, 2.45) is 5.92 Å². The summed E-state index contributed by atoms with van der Waals surface area (Å²) < 4.78 is 18.0. The third kappa shape index (κ3) is 8.18. The number of amides is 2. The lowest BCUT2D eigenvalue weighted by molar-refractivity contribution is -0.120. The summed E-state index contributed by atoms with van der Waals surface area (Å²) in [5.74, 6) is -0.214. The molecule has 1 rings (SSSR count). The molecule has 0 fully saturated rings. The smallest absolute Gasteiger partial charge is 0.407 e. The molecule has 128 valence electrons. The Morgan fingerprint density at radius 3 is 2.65 bits per heavy atom. The molecule has 0 aliphatic rings. The Balaban J connectivity index is 2.49. The maximum absolute atomic E-state index is 13.1. The fraction of sp³-hybridized carbons (Fsp3) is 0.529. The number of hydrogen-bond donors (Lipinski definition) is 2. The lowest BCUT2D eigenvalue weighted by atomic mass is 10.0. The van der Waals surface area contributed by atoms with Crippen LogP contribution in [0.1, 0.15) is 32.8 Å². The maximum Gasteiger partial charge on any atom is 0.407 e. The van der Waals surface area contributed by atoms with Crippen LogP contribution in [0.5, 0.6) is 0 Å². The van der Waals surface area contributed by atoms with Crippen LogP contribution in [0.2, 0.25) is 0 Å². The van der Waals surface area contributed by atoms with Crippen molar-refractivity contribution < 1.29 is 18.7 Å². The molecule has 0 bridgehead atoms. The molecule has 0 radical (unpaired) electrons. The minimum atomic E-state index is -0.488. The normalized spacial score (nSPS) is 11.9. The highest BCUT2D eigenvalue weighted by Crippen LogP contribution is 2.06. The van der Waals surface area contributed by atoms with E-state index in [1.165, 1.54) is 12.1 Å². The van der Waals surface area contributed by atoms with Gasteiger partial charge in [0.05, 0.1) is 13.0 Å². The molecule has 1 atom stereocenters. The molecular weight excluding hydrogens is 299 g/mol. The molecule has 0 saturated heterocycles. The monoisotopic (exact) mass is 324 g/mol. The molecule has 1 aromatic carbocycles. The molecule has 0 unspecified atom stereocenters. The Hall–Kier alpha value is -2.11. The Bertz CT molecular complexity index is 520. The van der Waals surface area contributed by atoms with Crippen LogP contribution in [0.15, 0.2) is 24.3 Å². The molecule has 0 heterocycles. The quantitative estimate of drug-likeness (QED) is 0.772. The van der Waals surface area contributed by atoms with E-state index in [1.54, 1.807) is 19.1 Å². The summed E-state index contributed by atoms with van der Waals surface area (Å²) in [6.45, 7) is 6.41. The minimum Gasteiger partial charge on any atom is -0.450 e. The molecule has 0 aliphatic carbocycles. The average molecular weight is 324 g/mol. The first kappa shape index (κ1) is 18.9. The van der Waals surface area contributed by atoms with Crippen LogP contribution >= 0.6 is 0 Å². The molecule has 0 aliphatic heterocycles. The Morgan fingerprint density at radius 1 is 1.30 bits per heavy atom. The number of halogens is 1. The van der Waals surface area contributed by atoms with E-state index in [0.717, 1.165) is 6.42 Å². The maximum atomic E-state index is 13.1. The van der Waals surface area contributed by atoms with Gasteiger partial charge in [-0.1, -0.05) is 26.0 Å². The molecular formula is C17H25FN2O3. The third-order valence-corrected chi connectivity index (χ3v) is 3.15. The zero-order valence-electron chi connectivity index (χ0n) is 13.9. The van der Waals surface area contributed by atoms with Gasteiger partial charge in [-0.3, -0.25) is 4.79 Å². The van der Waals surface area contributed by atoms with Crippen molar-refractivity contribution in [3.05, 3.63) is 35.6 Å². The lowest BCUT2D eigenvalue weighted by Crippen LogP contribution is -2.44. The first-order valence-electron chi connectivity index (χ1n) is 7.85. The molecule has 6 heteroatoms. The molecule has 1 aromatic rings. The van der Waals surface area contributed by atoms with E-state index in [4.69, 9.17) is 4.74 Å². The van der Waals surface area contributed by atoms with E-state index in [2.05, 4.69) is 10.6 Å². The largest absolute Gasteiger partial charge is 0.450 e. The number of nitrogens with one attached hydrogen (secondary N) is 2. The highest BCUT2D eigenvalue weighted by atomic mass is 19.1. The number of rotatable bonds is 8. The molecule has 2 amide bonds. The standard InChI is InChI=1S/C17H25FN2O3/c1-4-23-17(22)20-15(8-12(2)3)11-19-16(21)10-13-6-5-7-14(18)9-13/h5-7,9,12,15H,4,8,10-11H2,1-3H3,(H,19,21)(H,20,22)/t15-/m1/s1. The molecule has 23 heavy (non-hydrogen) atoms. The predicted octanol–water partition coefficient (Wildman–Crippen LogP) is 2.65. The first-order valence-corrected chi connectivity index (χ1v) is 7.85. The highest BCUT2D eigenvalue weighted by molar-refractivity contribution is 5.78. The summed E-state index contributed by atoms with van der Waals surface area (Å²) in [5.41, 5.74) is 0.612. The van der Waals surface area contributed by atoms with E-state index in [9.17, 15) is 14.0 Å². The van der Waals surface area contributed by atoms with Crippen molar-refractivity contribution in [2.45, 2.75) is 39.7 Å². The van der Waals surface area contributed by atoms with E-state index in [1.807, 2.05) is 13.8 Å². The van der Waals surface area contributed by atoms with Crippen LogP contribution in [0.25, 0.3) is 0 Å². The fourth-order valence-electron chi connectivity index (χ4n) is 2.23. The van der Waals surface area contributed by atoms with Crippen LogP contribution in [-0.4, -0.2) is 31.2 Å². The van der Waals surface area contributed by atoms with E-state index < -0.39 is 6.09 Å². The van der Waals surface area contributed by atoms with Crippen molar-refractivity contribution in [2.75, 3.05) is 13.2 Å². The second-order valence-corrected chi connectivity index (χ2v) is 5.80. The number of carbonyl (C=O) groups excluding carboxylic acids is 2. The Kier molecular flexibility index (Phi) is 8.08. The fourth-order valence-corrected chi connectivity index (χ4v) is 2.23. The zero-order valence-corrected chi connectivity index (χ0v) is 13.9. The van der Waals surface area contributed by atoms with Crippen molar-refractivity contribution in [3.8, 4) is 0 Å². The van der Waals surface area contributed by atoms with Crippen molar-refractivity contribution in [1.29, 1.82) is 0 Å². The molecule has 0 aromatic heterocycles. The number of benzene rings is 1. The predicted molar refractivity (Wildman–Crippen MR) is 86.5 cm³/mol. The molecule has 5 nitrogen and oxygen atoms in total. The van der Waals surface area contributed by atoms with Gasteiger partial charge >= 0.3 is 6.09 Å². The van der Waals surface area contributed by atoms with Gasteiger partial charge in [0.15, 0.2) is 0 Å². The number of alkyl carbamates (subject to hydrolysis) is 1. The summed E-state index contributed by atoms with van der Waals surface area (Å²) in [4.78, 5) is 23.5. The van der Waals surface area contributed by atoms with Crippen LogP contribution in [-0.2, 0) is 16.0 Å². The summed E-state index contributed by atoms with van der Waals surface area (Å²) in [6, 6.07) is 5.74. The van der Waals surface area contributed by atoms with E-state index in [0.29, 0.717) is 24.6 Å². The van der Waals surface area contributed by atoms with Gasteiger partial charge in [0.25, 0.3) is 0 Å². The van der Waals surface area contributed by atoms with Gasteiger partial charge in [0.2, 0.25) is 5.91 Å². The van der Waals surface area contributed by atoms with Crippen molar-refractivity contribution >= 4 is 12.0 Å². The van der Waals surface area contributed by atoms with Crippen LogP contribution in [0.3, 0.4) is 0 Å². The molecule has 0 spiro atoms. The van der Waals surface area contributed by atoms with Crippen molar-refractivity contribution in [3.63, 3.8) is 0 Å². The summed E-state index contributed by atoms with van der Waals surface area (Å²) in [5, 5.41) is 5.51. The molecule has 2 N–H and O–H groups in total. The first-order chi connectivity index (χ1) is 10.9. The highest BCUT2D eigenvalue weighted by Gasteiger charge is 2.16. The van der Waals surface area contributed by atoms with Gasteiger partial charge in [-0.15, -0.1) is 0 Å². The van der Waals surface area contributed by atoms with Crippen LogP contribution in [0, 0.1) is 11.7 Å². The summed E-state index contributed by atoms with van der Waals surface area (Å²) >= 11 is 0. The zero-order chi connectivity index (χ0) is 17.2. The number of hydrogen-bond acceptors (Lipinski definition) is 3. The Labute approximate surface area is 136 Å². The number of carbonyl (C=O) groups is 2. The van der Waals surface area contributed by atoms with Gasteiger partial charge in [-0.25, -0.2) is 9.18 Å². The van der Waals surface area contributed by atoms with E-state index >= 15 is 0 Å². The van der Waals surface area contributed by atoms with Gasteiger partial charge < -0.3 is 15.4 Å². The second-order valence-electron chi connectivity index (χ2n) is 5.80. The van der Waals surface area contributed by atoms with Crippen molar-refractivity contribution in [1.82, 2.24) is 10.6 Å². The third-order valence-electron chi connectivity index (χ3n) is 3.15. The van der Waals surface area contributed by atoms with Crippen LogP contribution in [0.4, 0.5) is 9.18 Å². The topological polar surface area (TPSA) is 67.4 Å². The minimum absolute atomic E-state index is 0.103.